The summed E-state index contributed by atoms with van der Waals surface area (Å²) in [6.07, 6.45) is 2.74. The van der Waals surface area contributed by atoms with Gasteiger partial charge in [-0.05, 0) is 30.0 Å². The third-order valence-corrected chi connectivity index (χ3v) is 5.00. The number of carbonyl (C=O) groups is 1. The predicted molar refractivity (Wildman–Crippen MR) is 87.7 cm³/mol. The van der Waals surface area contributed by atoms with Gasteiger partial charge in [0.1, 0.15) is 0 Å². The number of nitrogens with zero attached hydrogens (tertiary/aromatic N) is 1. The van der Waals surface area contributed by atoms with Crippen molar-refractivity contribution >= 4 is 11.6 Å². The summed E-state index contributed by atoms with van der Waals surface area (Å²) in [5.41, 5.74) is 9.91. The Balaban J connectivity index is 1.55. The molecule has 4 rings (SSSR count). The second kappa shape index (κ2) is 4.96. The summed E-state index contributed by atoms with van der Waals surface area (Å²) in [5.74, 6) is 0.132. The molecular formula is C19H20N2O. The fourth-order valence-corrected chi connectivity index (χ4v) is 3.55. The monoisotopic (exact) mass is 292 g/mol. The minimum atomic E-state index is -0.239. The molecule has 0 saturated heterocycles. The molecule has 1 spiro atoms. The van der Waals surface area contributed by atoms with Crippen LogP contribution in [0.4, 0.5) is 5.69 Å². The number of nitrogens with two attached hydrogens (primary N) is 1. The number of anilines is 1. The number of benzene rings is 2. The van der Waals surface area contributed by atoms with Crippen LogP contribution < -0.4 is 10.6 Å². The minimum absolute atomic E-state index is 0.132. The first kappa shape index (κ1) is 13.5. The van der Waals surface area contributed by atoms with Gasteiger partial charge in [-0.15, -0.1) is 0 Å². The molecule has 22 heavy (non-hydrogen) atoms. The molecule has 1 fully saturated rings. The lowest BCUT2D eigenvalue weighted by Crippen LogP contribution is -2.33. The highest BCUT2D eigenvalue weighted by molar-refractivity contribution is 5.97. The van der Waals surface area contributed by atoms with Gasteiger partial charge in [0.25, 0.3) is 0 Å². The quantitative estimate of drug-likeness (QED) is 0.944. The number of hydrogen-bond acceptors (Lipinski definition) is 2. The summed E-state index contributed by atoms with van der Waals surface area (Å²) in [6.45, 7) is 0.826. The van der Waals surface area contributed by atoms with Crippen LogP contribution in [0.25, 0.3) is 0 Å². The Morgan fingerprint density at radius 1 is 1.09 bits per heavy atom. The largest absolute Gasteiger partial charge is 0.324 e. The van der Waals surface area contributed by atoms with E-state index in [1.54, 1.807) is 0 Å². The van der Waals surface area contributed by atoms with Crippen molar-refractivity contribution in [2.24, 2.45) is 5.73 Å². The molecule has 1 amide bonds. The Labute approximate surface area is 130 Å². The number of rotatable bonds is 3. The first-order chi connectivity index (χ1) is 10.7. The molecule has 1 saturated carbocycles. The molecule has 0 radical (unpaired) electrons. The Bertz CT molecular complexity index is 706. The van der Waals surface area contributed by atoms with Gasteiger partial charge in [-0.3, -0.25) is 4.79 Å². The van der Waals surface area contributed by atoms with Crippen molar-refractivity contribution < 1.29 is 4.79 Å². The average Bonchev–Trinajstić information content (AvgIpc) is 3.26. The maximum Gasteiger partial charge on any atom is 0.228 e. The molecule has 1 heterocycles. The third-order valence-electron chi connectivity index (χ3n) is 5.00. The van der Waals surface area contributed by atoms with Gasteiger partial charge in [0.15, 0.2) is 0 Å². The topological polar surface area (TPSA) is 46.3 Å². The average molecular weight is 292 g/mol. The Hall–Kier alpha value is -2.13. The number of amides is 1. The highest BCUT2D eigenvalue weighted by atomic mass is 16.2. The molecule has 1 atom stereocenters. The van der Waals surface area contributed by atoms with Crippen LogP contribution in [0.15, 0.2) is 54.6 Å². The lowest BCUT2D eigenvalue weighted by atomic mass is 9.99. The van der Waals surface area contributed by atoms with E-state index in [4.69, 9.17) is 5.73 Å². The fourth-order valence-electron chi connectivity index (χ4n) is 3.55. The van der Waals surface area contributed by atoms with Crippen molar-refractivity contribution in [3.63, 3.8) is 0 Å². The van der Waals surface area contributed by atoms with E-state index >= 15 is 0 Å². The lowest BCUT2D eigenvalue weighted by molar-refractivity contribution is -0.118. The normalized spacial score (nSPS) is 19.0. The van der Waals surface area contributed by atoms with Crippen molar-refractivity contribution in [3.8, 4) is 0 Å². The van der Waals surface area contributed by atoms with E-state index in [0.717, 1.165) is 17.8 Å². The van der Waals surface area contributed by atoms with Gasteiger partial charge in [-0.25, -0.2) is 0 Å². The van der Waals surface area contributed by atoms with Gasteiger partial charge in [-0.2, -0.15) is 0 Å². The zero-order valence-electron chi connectivity index (χ0n) is 12.5. The van der Waals surface area contributed by atoms with Crippen molar-refractivity contribution in [2.75, 3.05) is 11.4 Å². The van der Waals surface area contributed by atoms with Crippen LogP contribution in [-0.4, -0.2) is 12.5 Å². The summed E-state index contributed by atoms with van der Waals surface area (Å²) in [4.78, 5) is 14.7. The van der Waals surface area contributed by atoms with Gasteiger partial charge in [0.05, 0.1) is 0 Å². The van der Waals surface area contributed by atoms with E-state index in [2.05, 4.69) is 18.2 Å². The number of carbonyl (C=O) groups excluding carboxylic acids is 1. The Morgan fingerprint density at radius 2 is 1.77 bits per heavy atom. The number of fused-ring (bicyclic) bond motifs is 2. The molecule has 2 N–H and O–H groups in total. The van der Waals surface area contributed by atoms with Crippen molar-refractivity contribution in [1.29, 1.82) is 0 Å². The molecule has 0 unspecified atom stereocenters. The fraction of sp³-hybridized carbons (Fsp3) is 0.316. The van der Waals surface area contributed by atoms with E-state index in [0.29, 0.717) is 6.42 Å². The lowest BCUT2D eigenvalue weighted by Gasteiger charge is -2.20. The standard InChI is InChI=1S/C19H20N2O/c20-16(14-6-2-1-3-7-14)12-18(22)21-13-19(10-11-19)15-8-4-5-9-17(15)21/h1-9,16H,10-13,20H2/t16-/m0/s1. The van der Waals surface area contributed by atoms with Gasteiger partial charge in [-0.1, -0.05) is 48.5 Å². The minimum Gasteiger partial charge on any atom is -0.324 e. The molecule has 0 aromatic heterocycles. The molecule has 2 aliphatic rings. The van der Waals surface area contributed by atoms with Gasteiger partial charge in [0, 0.05) is 30.1 Å². The zero-order valence-corrected chi connectivity index (χ0v) is 12.5. The van der Waals surface area contributed by atoms with E-state index < -0.39 is 0 Å². The van der Waals surface area contributed by atoms with Crippen LogP contribution in [-0.2, 0) is 10.2 Å². The smallest absolute Gasteiger partial charge is 0.228 e. The molecule has 0 bridgehead atoms. The SMILES string of the molecule is N[C@@H](CC(=O)N1CC2(CC2)c2ccccc21)c1ccccc1. The Morgan fingerprint density at radius 3 is 2.50 bits per heavy atom. The van der Waals surface area contributed by atoms with Gasteiger partial charge in [0.2, 0.25) is 5.91 Å². The Kier molecular flexibility index (Phi) is 3.05. The van der Waals surface area contributed by atoms with Crippen LogP contribution in [0.5, 0.6) is 0 Å². The predicted octanol–water partition coefficient (Wildman–Crippen LogP) is 3.15. The molecule has 3 heteroatoms. The summed E-state index contributed by atoms with van der Waals surface area (Å²) in [6, 6.07) is 17.9. The molecule has 1 aliphatic carbocycles. The van der Waals surface area contributed by atoms with E-state index in [1.165, 1.54) is 18.4 Å². The first-order valence-corrected chi connectivity index (χ1v) is 7.90. The van der Waals surface area contributed by atoms with Gasteiger partial charge >= 0.3 is 0 Å². The number of hydrogen-bond donors (Lipinski definition) is 1. The van der Waals surface area contributed by atoms with E-state index in [-0.39, 0.29) is 17.4 Å². The second-order valence-electron chi connectivity index (χ2n) is 6.50. The summed E-state index contributed by atoms with van der Waals surface area (Å²) in [7, 11) is 0. The van der Waals surface area contributed by atoms with Crippen molar-refractivity contribution in [3.05, 3.63) is 65.7 Å². The van der Waals surface area contributed by atoms with Gasteiger partial charge < -0.3 is 10.6 Å². The molecule has 2 aromatic carbocycles. The maximum atomic E-state index is 12.8. The molecular weight excluding hydrogens is 272 g/mol. The molecule has 1 aliphatic heterocycles. The third kappa shape index (κ3) is 2.13. The summed E-state index contributed by atoms with van der Waals surface area (Å²) < 4.78 is 0. The van der Waals surface area contributed by atoms with E-state index in [9.17, 15) is 4.79 Å². The highest BCUT2D eigenvalue weighted by Crippen LogP contribution is 2.56. The van der Waals surface area contributed by atoms with Crippen molar-refractivity contribution in [1.82, 2.24) is 0 Å². The van der Waals surface area contributed by atoms with Crippen molar-refractivity contribution in [2.45, 2.75) is 30.7 Å². The van der Waals surface area contributed by atoms with Crippen LogP contribution in [0.2, 0.25) is 0 Å². The van der Waals surface area contributed by atoms with Crippen LogP contribution >= 0.6 is 0 Å². The molecule has 112 valence electrons. The second-order valence-corrected chi connectivity index (χ2v) is 6.50. The zero-order chi connectivity index (χ0) is 15.2. The van der Waals surface area contributed by atoms with Crippen LogP contribution in [0.1, 0.15) is 36.4 Å². The van der Waals surface area contributed by atoms with Crippen LogP contribution in [0.3, 0.4) is 0 Å². The highest BCUT2D eigenvalue weighted by Gasteiger charge is 2.52. The first-order valence-electron chi connectivity index (χ1n) is 7.90. The summed E-state index contributed by atoms with van der Waals surface area (Å²) >= 11 is 0. The summed E-state index contributed by atoms with van der Waals surface area (Å²) in [5, 5.41) is 0. The molecule has 2 aromatic rings. The van der Waals surface area contributed by atoms with Crippen LogP contribution in [0, 0.1) is 0 Å². The maximum absolute atomic E-state index is 12.8. The van der Waals surface area contributed by atoms with E-state index in [1.807, 2.05) is 41.3 Å². The number of para-hydroxylation sites is 1. The molecule has 3 nitrogen and oxygen atoms in total.